The van der Waals surface area contributed by atoms with Gasteiger partial charge in [-0.2, -0.15) is 10.2 Å². The third kappa shape index (κ3) is 5.10. The highest BCUT2D eigenvalue weighted by molar-refractivity contribution is 5.20. The van der Waals surface area contributed by atoms with Gasteiger partial charge in [-0.1, -0.05) is 20.8 Å². The van der Waals surface area contributed by atoms with E-state index in [-0.39, 0.29) is 0 Å². The summed E-state index contributed by atoms with van der Waals surface area (Å²) in [5.41, 5.74) is 3.41. The Hall–Kier alpha value is -1.00. The lowest BCUT2D eigenvalue weighted by atomic mass is 10.1. The smallest absolute Gasteiger partial charge is 0.0673 e. The van der Waals surface area contributed by atoms with E-state index in [2.05, 4.69) is 54.3 Å². The predicted molar refractivity (Wildman–Crippen MR) is 75.6 cm³/mol. The molecule has 1 rings (SSSR count). The summed E-state index contributed by atoms with van der Waals surface area (Å²) in [5, 5.41) is 11.8. The van der Waals surface area contributed by atoms with Gasteiger partial charge in [0.1, 0.15) is 0 Å². The molecule has 18 heavy (non-hydrogen) atoms. The van der Waals surface area contributed by atoms with E-state index in [1.807, 2.05) is 6.92 Å². The molecule has 0 fully saturated rings. The number of hydrogen-bond acceptors (Lipinski definition) is 4. The van der Waals surface area contributed by atoms with Crippen molar-refractivity contribution in [3.8, 4) is 0 Å². The van der Waals surface area contributed by atoms with Gasteiger partial charge in [0.2, 0.25) is 0 Å². The number of aromatic nitrogens is 2. The molecule has 1 aromatic heterocycles. The van der Waals surface area contributed by atoms with E-state index in [1.54, 1.807) is 0 Å². The Morgan fingerprint density at radius 1 is 1.33 bits per heavy atom. The molecule has 4 heteroatoms. The van der Waals surface area contributed by atoms with Crippen LogP contribution in [0.2, 0.25) is 0 Å². The molecule has 0 amide bonds. The summed E-state index contributed by atoms with van der Waals surface area (Å²) in [7, 11) is 2.15. The lowest BCUT2D eigenvalue weighted by Gasteiger charge is -2.19. The second kappa shape index (κ2) is 7.44. The van der Waals surface area contributed by atoms with Crippen LogP contribution in [-0.2, 0) is 13.0 Å². The molecular formula is C14H26N4. The molecule has 0 aliphatic rings. The molecule has 0 bridgehead atoms. The normalized spacial score (nSPS) is 11.5. The first-order chi connectivity index (χ1) is 8.52. The molecular weight excluding hydrogens is 224 g/mol. The average Bonchev–Trinajstić information content (AvgIpc) is 2.28. The SMILES string of the molecule is CCc1nnc(C)cc1CN(C)CCNC(C)C. The number of likely N-dealkylation sites (N-methyl/N-ethyl adjacent to an activating group) is 1. The first kappa shape index (κ1) is 15.1. The van der Waals surface area contributed by atoms with Crippen molar-refractivity contribution >= 4 is 0 Å². The Morgan fingerprint density at radius 3 is 2.67 bits per heavy atom. The van der Waals surface area contributed by atoms with Crippen LogP contribution < -0.4 is 5.32 Å². The second-order valence-electron chi connectivity index (χ2n) is 5.16. The first-order valence-corrected chi connectivity index (χ1v) is 6.77. The minimum Gasteiger partial charge on any atom is -0.313 e. The summed E-state index contributed by atoms with van der Waals surface area (Å²) in [6.07, 6.45) is 0.945. The van der Waals surface area contributed by atoms with Crippen molar-refractivity contribution in [1.82, 2.24) is 20.4 Å². The van der Waals surface area contributed by atoms with Gasteiger partial charge in [-0.25, -0.2) is 0 Å². The van der Waals surface area contributed by atoms with Crippen LogP contribution in [0.1, 0.15) is 37.7 Å². The Balaban J connectivity index is 2.52. The van der Waals surface area contributed by atoms with Gasteiger partial charge < -0.3 is 10.2 Å². The molecule has 4 nitrogen and oxygen atoms in total. The van der Waals surface area contributed by atoms with Crippen LogP contribution in [0.5, 0.6) is 0 Å². The highest BCUT2D eigenvalue weighted by atomic mass is 15.1. The zero-order valence-corrected chi connectivity index (χ0v) is 12.3. The number of rotatable bonds is 7. The fourth-order valence-electron chi connectivity index (χ4n) is 1.92. The van der Waals surface area contributed by atoms with Crippen LogP contribution >= 0.6 is 0 Å². The molecule has 0 unspecified atom stereocenters. The minimum absolute atomic E-state index is 0.550. The van der Waals surface area contributed by atoms with Gasteiger partial charge in [-0.15, -0.1) is 0 Å². The molecule has 1 aromatic rings. The van der Waals surface area contributed by atoms with E-state index in [4.69, 9.17) is 0 Å². The van der Waals surface area contributed by atoms with E-state index in [9.17, 15) is 0 Å². The summed E-state index contributed by atoms with van der Waals surface area (Å²) in [6.45, 7) is 11.5. The molecule has 0 atom stereocenters. The molecule has 1 heterocycles. The highest BCUT2D eigenvalue weighted by Gasteiger charge is 2.07. The molecule has 102 valence electrons. The van der Waals surface area contributed by atoms with Gasteiger partial charge in [-0.05, 0) is 32.0 Å². The maximum atomic E-state index is 4.27. The molecule has 0 saturated heterocycles. The van der Waals surface area contributed by atoms with Crippen molar-refractivity contribution in [2.45, 2.75) is 46.7 Å². The van der Waals surface area contributed by atoms with Crippen molar-refractivity contribution < 1.29 is 0 Å². The standard InChI is InChI=1S/C14H26N4/c1-6-14-13(9-12(4)16-17-14)10-18(5)8-7-15-11(2)3/h9,11,15H,6-8,10H2,1-5H3. The van der Waals surface area contributed by atoms with Gasteiger partial charge in [-0.3, -0.25) is 0 Å². The van der Waals surface area contributed by atoms with Crippen LogP contribution in [0.4, 0.5) is 0 Å². The molecule has 0 saturated carbocycles. The molecule has 1 N–H and O–H groups in total. The fourth-order valence-corrected chi connectivity index (χ4v) is 1.92. The van der Waals surface area contributed by atoms with E-state index < -0.39 is 0 Å². The van der Waals surface area contributed by atoms with Crippen molar-refractivity contribution in [2.75, 3.05) is 20.1 Å². The minimum atomic E-state index is 0.550. The maximum absolute atomic E-state index is 4.27. The zero-order valence-electron chi connectivity index (χ0n) is 12.3. The molecule has 0 spiro atoms. The Labute approximate surface area is 111 Å². The summed E-state index contributed by atoms with van der Waals surface area (Å²) in [4.78, 5) is 2.32. The summed E-state index contributed by atoms with van der Waals surface area (Å²) >= 11 is 0. The Morgan fingerprint density at radius 2 is 2.06 bits per heavy atom. The van der Waals surface area contributed by atoms with Gasteiger partial charge >= 0.3 is 0 Å². The van der Waals surface area contributed by atoms with Crippen LogP contribution in [-0.4, -0.2) is 41.3 Å². The third-order valence-corrected chi connectivity index (χ3v) is 2.90. The van der Waals surface area contributed by atoms with Gasteiger partial charge in [0.15, 0.2) is 0 Å². The van der Waals surface area contributed by atoms with Gasteiger partial charge in [0, 0.05) is 25.7 Å². The van der Waals surface area contributed by atoms with Gasteiger partial charge in [0.25, 0.3) is 0 Å². The number of aryl methyl sites for hydroxylation is 2. The van der Waals surface area contributed by atoms with Crippen molar-refractivity contribution in [1.29, 1.82) is 0 Å². The largest absolute Gasteiger partial charge is 0.313 e. The quantitative estimate of drug-likeness (QED) is 0.801. The number of nitrogens with one attached hydrogen (secondary N) is 1. The summed E-state index contributed by atoms with van der Waals surface area (Å²) in [6, 6.07) is 2.70. The van der Waals surface area contributed by atoms with Crippen molar-refractivity contribution in [3.63, 3.8) is 0 Å². The predicted octanol–water partition coefficient (Wildman–Crippen LogP) is 1.78. The Kier molecular flexibility index (Phi) is 6.22. The third-order valence-electron chi connectivity index (χ3n) is 2.90. The average molecular weight is 250 g/mol. The van der Waals surface area contributed by atoms with Gasteiger partial charge in [0.05, 0.1) is 11.4 Å². The molecule has 0 aliphatic heterocycles. The van der Waals surface area contributed by atoms with E-state index in [0.29, 0.717) is 6.04 Å². The molecule has 0 radical (unpaired) electrons. The van der Waals surface area contributed by atoms with Crippen LogP contribution in [0.25, 0.3) is 0 Å². The second-order valence-corrected chi connectivity index (χ2v) is 5.16. The first-order valence-electron chi connectivity index (χ1n) is 6.77. The van der Waals surface area contributed by atoms with Crippen LogP contribution in [0, 0.1) is 6.92 Å². The van der Waals surface area contributed by atoms with Crippen LogP contribution in [0.15, 0.2) is 6.07 Å². The Bertz CT molecular complexity index is 363. The summed E-state index contributed by atoms with van der Waals surface area (Å²) in [5.74, 6) is 0. The zero-order chi connectivity index (χ0) is 13.5. The molecule has 0 aliphatic carbocycles. The monoisotopic (exact) mass is 250 g/mol. The number of nitrogens with zero attached hydrogens (tertiary/aromatic N) is 3. The highest BCUT2D eigenvalue weighted by Crippen LogP contribution is 2.09. The van der Waals surface area contributed by atoms with E-state index >= 15 is 0 Å². The fraction of sp³-hybridized carbons (Fsp3) is 0.714. The van der Waals surface area contributed by atoms with Crippen molar-refractivity contribution in [3.05, 3.63) is 23.0 Å². The lowest BCUT2D eigenvalue weighted by molar-refractivity contribution is 0.318. The van der Waals surface area contributed by atoms with Crippen LogP contribution in [0.3, 0.4) is 0 Å². The topological polar surface area (TPSA) is 41.1 Å². The maximum Gasteiger partial charge on any atom is 0.0673 e. The lowest BCUT2D eigenvalue weighted by Crippen LogP contribution is -2.32. The van der Waals surface area contributed by atoms with E-state index in [0.717, 1.165) is 37.4 Å². The molecule has 0 aromatic carbocycles. The number of hydrogen-bond donors (Lipinski definition) is 1. The van der Waals surface area contributed by atoms with Crippen molar-refractivity contribution in [2.24, 2.45) is 0 Å². The van der Waals surface area contributed by atoms with E-state index in [1.165, 1.54) is 5.56 Å². The summed E-state index contributed by atoms with van der Waals surface area (Å²) < 4.78 is 0.